The molecule has 17 heavy (non-hydrogen) atoms. The molecule has 1 amide bonds. The number of aromatic hydroxyl groups is 1. The van der Waals surface area contributed by atoms with Gasteiger partial charge in [0.15, 0.2) is 0 Å². The minimum Gasteiger partial charge on any atom is -0.506 e. The van der Waals surface area contributed by atoms with Crippen molar-refractivity contribution in [1.29, 1.82) is 0 Å². The fourth-order valence-corrected chi connectivity index (χ4v) is 1.35. The van der Waals surface area contributed by atoms with Crippen molar-refractivity contribution in [3.8, 4) is 5.75 Å². The van der Waals surface area contributed by atoms with Gasteiger partial charge in [0.05, 0.1) is 11.8 Å². The molecule has 5 heteroatoms. The molecular formula is C12H11N3O2. The second kappa shape index (κ2) is 4.61. The molecule has 2 rings (SSSR count). The summed E-state index contributed by atoms with van der Waals surface area (Å²) >= 11 is 0. The number of aromatic nitrogens is 2. The molecule has 0 aromatic carbocycles. The van der Waals surface area contributed by atoms with Crippen molar-refractivity contribution < 1.29 is 9.90 Å². The van der Waals surface area contributed by atoms with E-state index in [0.29, 0.717) is 5.82 Å². The van der Waals surface area contributed by atoms with Crippen LogP contribution in [0.15, 0.2) is 36.8 Å². The third-order valence-corrected chi connectivity index (χ3v) is 2.23. The van der Waals surface area contributed by atoms with Crippen molar-refractivity contribution in [3.63, 3.8) is 0 Å². The van der Waals surface area contributed by atoms with Crippen LogP contribution in [0.2, 0.25) is 0 Å². The van der Waals surface area contributed by atoms with Crippen molar-refractivity contribution in [2.24, 2.45) is 0 Å². The van der Waals surface area contributed by atoms with Crippen LogP contribution in [0.4, 0.5) is 5.82 Å². The molecule has 0 atom stereocenters. The maximum atomic E-state index is 11.8. The zero-order valence-corrected chi connectivity index (χ0v) is 9.21. The number of carbonyl (C=O) groups is 1. The molecule has 0 bridgehead atoms. The Morgan fingerprint density at radius 2 is 2.24 bits per heavy atom. The number of hydrogen-bond acceptors (Lipinski definition) is 4. The smallest absolute Gasteiger partial charge is 0.258 e. The summed E-state index contributed by atoms with van der Waals surface area (Å²) in [6.07, 6.45) is 4.25. The summed E-state index contributed by atoms with van der Waals surface area (Å²) in [7, 11) is 0. The van der Waals surface area contributed by atoms with Gasteiger partial charge >= 0.3 is 0 Å². The molecule has 2 aromatic rings. The van der Waals surface area contributed by atoms with Gasteiger partial charge in [-0.25, -0.2) is 4.98 Å². The van der Waals surface area contributed by atoms with Gasteiger partial charge in [0.1, 0.15) is 11.6 Å². The van der Waals surface area contributed by atoms with Crippen LogP contribution in [0.5, 0.6) is 5.75 Å². The lowest BCUT2D eigenvalue weighted by Crippen LogP contribution is -2.13. The van der Waals surface area contributed by atoms with Crippen molar-refractivity contribution in [1.82, 2.24) is 9.97 Å². The summed E-state index contributed by atoms with van der Waals surface area (Å²) < 4.78 is 0. The quantitative estimate of drug-likeness (QED) is 0.822. The molecule has 5 nitrogen and oxygen atoms in total. The number of carbonyl (C=O) groups excluding carboxylic acids is 1. The SMILES string of the molecule is Cc1cccnc1NC(=O)c1cncc(O)c1. The van der Waals surface area contributed by atoms with Crippen LogP contribution in [0.3, 0.4) is 0 Å². The van der Waals surface area contributed by atoms with Crippen LogP contribution < -0.4 is 5.32 Å². The first-order chi connectivity index (χ1) is 8.16. The first kappa shape index (κ1) is 11.1. The van der Waals surface area contributed by atoms with E-state index in [1.807, 2.05) is 13.0 Å². The number of nitrogens with one attached hydrogen (secondary N) is 1. The van der Waals surface area contributed by atoms with Gasteiger partial charge < -0.3 is 10.4 Å². The summed E-state index contributed by atoms with van der Waals surface area (Å²) in [5.74, 6) is 0.103. The van der Waals surface area contributed by atoms with Crippen LogP contribution in [-0.2, 0) is 0 Å². The third-order valence-electron chi connectivity index (χ3n) is 2.23. The molecule has 0 aliphatic carbocycles. The largest absolute Gasteiger partial charge is 0.506 e. The van der Waals surface area contributed by atoms with Gasteiger partial charge in [0, 0.05) is 12.4 Å². The lowest BCUT2D eigenvalue weighted by Gasteiger charge is -2.06. The molecule has 2 N–H and O–H groups in total. The number of anilines is 1. The van der Waals surface area contributed by atoms with Crippen LogP contribution >= 0.6 is 0 Å². The van der Waals surface area contributed by atoms with Crippen molar-refractivity contribution >= 4 is 11.7 Å². The molecule has 0 fully saturated rings. The maximum Gasteiger partial charge on any atom is 0.258 e. The average Bonchev–Trinajstić information content (AvgIpc) is 2.32. The molecule has 0 saturated heterocycles. The topological polar surface area (TPSA) is 75.1 Å². The maximum absolute atomic E-state index is 11.8. The second-order valence-corrected chi connectivity index (χ2v) is 3.55. The molecule has 86 valence electrons. The Labute approximate surface area is 98.2 Å². The predicted octanol–water partition coefficient (Wildman–Crippen LogP) is 1.74. The van der Waals surface area contributed by atoms with E-state index in [2.05, 4.69) is 15.3 Å². The van der Waals surface area contributed by atoms with Crippen molar-refractivity contribution in [2.75, 3.05) is 5.32 Å². The number of pyridine rings is 2. The van der Waals surface area contributed by atoms with Crippen LogP contribution in [0, 0.1) is 6.92 Å². The standard InChI is InChI=1S/C12H11N3O2/c1-8-3-2-4-14-11(8)15-12(17)9-5-10(16)7-13-6-9/h2-7,16H,1H3,(H,14,15,17). The van der Waals surface area contributed by atoms with E-state index in [1.165, 1.54) is 18.5 Å². The fraction of sp³-hybridized carbons (Fsp3) is 0.0833. The average molecular weight is 229 g/mol. The van der Waals surface area contributed by atoms with E-state index in [0.717, 1.165) is 5.56 Å². The Bertz CT molecular complexity index is 555. The highest BCUT2D eigenvalue weighted by Crippen LogP contribution is 2.13. The molecule has 0 unspecified atom stereocenters. The molecule has 0 aliphatic rings. The number of amides is 1. The van der Waals surface area contributed by atoms with Crippen molar-refractivity contribution in [3.05, 3.63) is 47.9 Å². The van der Waals surface area contributed by atoms with Gasteiger partial charge in [-0.1, -0.05) is 6.07 Å². The Morgan fingerprint density at radius 3 is 2.94 bits per heavy atom. The monoisotopic (exact) mass is 229 g/mol. The van der Waals surface area contributed by atoms with E-state index >= 15 is 0 Å². The fourth-order valence-electron chi connectivity index (χ4n) is 1.35. The molecule has 0 radical (unpaired) electrons. The highest BCUT2D eigenvalue weighted by atomic mass is 16.3. The lowest BCUT2D eigenvalue weighted by molar-refractivity contribution is 0.102. The van der Waals surface area contributed by atoms with E-state index in [-0.39, 0.29) is 17.2 Å². The molecule has 0 aliphatic heterocycles. The lowest BCUT2D eigenvalue weighted by atomic mass is 10.2. The van der Waals surface area contributed by atoms with Gasteiger partial charge in [-0.15, -0.1) is 0 Å². The molecule has 0 spiro atoms. The summed E-state index contributed by atoms with van der Waals surface area (Å²) in [4.78, 5) is 19.6. The Morgan fingerprint density at radius 1 is 1.41 bits per heavy atom. The minimum atomic E-state index is -0.352. The normalized spacial score (nSPS) is 9.94. The van der Waals surface area contributed by atoms with Crippen molar-refractivity contribution in [2.45, 2.75) is 6.92 Å². The van der Waals surface area contributed by atoms with Crippen LogP contribution in [-0.4, -0.2) is 21.0 Å². The zero-order chi connectivity index (χ0) is 12.3. The van der Waals surface area contributed by atoms with Crippen LogP contribution in [0.25, 0.3) is 0 Å². The van der Waals surface area contributed by atoms with Gasteiger partial charge in [-0.05, 0) is 24.6 Å². The Balaban J connectivity index is 2.20. The number of hydrogen-bond donors (Lipinski definition) is 2. The van der Waals surface area contributed by atoms with Gasteiger partial charge in [-0.3, -0.25) is 9.78 Å². The number of nitrogens with zero attached hydrogens (tertiary/aromatic N) is 2. The van der Waals surface area contributed by atoms with Gasteiger partial charge in [0.25, 0.3) is 5.91 Å². The first-order valence-electron chi connectivity index (χ1n) is 5.04. The highest BCUT2D eigenvalue weighted by molar-refractivity contribution is 6.04. The molecule has 2 heterocycles. The summed E-state index contributed by atoms with van der Waals surface area (Å²) in [6.45, 7) is 1.85. The number of rotatable bonds is 2. The highest BCUT2D eigenvalue weighted by Gasteiger charge is 2.09. The molecule has 0 saturated carbocycles. The van der Waals surface area contributed by atoms with Crippen LogP contribution in [0.1, 0.15) is 15.9 Å². The molecule has 2 aromatic heterocycles. The predicted molar refractivity (Wildman–Crippen MR) is 62.8 cm³/mol. The minimum absolute atomic E-state index is 0.0459. The summed E-state index contributed by atoms with van der Waals surface area (Å²) in [6, 6.07) is 4.99. The molecular weight excluding hydrogens is 218 g/mol. The second-order valence-electron chi connectivity index (χ2n) is 3.55. The summed E-state index contributed by atoms with van der Waals surface area (Å²) in [5.41, 5.74) is 1.16. The van der Waals surface area contributed by atoms with Gasteiger partial charge in [0.2, 0.25) is 0 Å². The zero-order valence-electron chi connectivity index (χ0n) is 9.21. The van der Waals surface area contributed by atoms with E-state index in [1.54, 1.807) is 12.3 Å². The third kappa shape index (κ3) is 2.57. The Hall–Kier alpha value is -2.43. The van der Waals surface area contributed by atoms with Gasteiger partial charge in [-0.2, -0.15) is 0 Å². The van der Waals surface area contributed by atoms with E-state index in [9.17, 15) is 9.90 Å². The van der Waals surface area contributed by atoms with E-state index < -0.39 is 0 Å². The Kier molecular flexibility index (Phi) is 3.00. The number of aryl methyl sites for hydroxylation is 1. The summed E-state index contributed by atoms with van der Waals surface area (Å²) in [5, 5.41) is 11.9. The van der Waals surface area contributed by atoms with E-state index in [4.69, 9.17) is 0 Å². The first-order valence-corrected chi connectivity index (χ1v) is 5.04.